The number of sulfone groups is 1. The van der Waals surface area contributed by atoms with Crippen molar-refractivity contribution < 1.29 is 18.3 Å². The molecule has 3 rings (SSSR count). The van der Waals surface area contributed by atoms with Crippen molar-refractivity contribution >= 4 is 15.8 Å². The van der Waals surface area contributed by atoms with E-state index in [9.17, 15) is 13.2 Å². The lowest BCUT2D eigenvalue weighted by molar-refractivity contribution is -0.150. The Balaban J connectivity index is 2.37. The van der Waals surface area contributed by atoms with Crippen LogP contribution in [0.1, 0.15) is 12.8 Å². The normalized spacial score (nSPS) is 44.9. The van der Waals surface area contributed by atoms with Crippen molar-refractivity contribution in [3.63, 3.8) is 0 Å². The first-order chi connectivity index (χ1) is 4.96. The number of fused-ring (bicyclic) bond motifs is 1. The molecule has 62 valence electrons. The Morgan fingerprint density at radius 2 is 2.00 bits per heavy atom. The third kappa shape index (κ3) is 0.690. The average Bonchev–Trinajstić information content (AvgIpc) is 2.11. The molecular weight excluding hydrogens is 168 g/mol. The molecule has 0 amide bonds. The molecule has 0 unspecified atom stereocenters. The van der Waals surface area contributed by atoms with Gasteiger partial charge in [0.05, 0.1) is 16.4 Å². The van der Waals surface area contributed by atoms with Crippen molar-refractivity contribution in [2.45, 2.75) is 18.1 Å². The van der Waals surface area contributed by atoms with Gasteiger partial charge in [0.25, 0.3) is 0 Å². The van der Waals surface area contributed by atoms with Crippen molar-refractivity contribution in [1.29, 1.82) is 0 Å². The molecule has 0 aromatic rings. The second kappa shape index (κ2) is 1.60. The van der Waals surface area contributed by atoms with E-state index in [2.05, 4.69) is 0 Å². The Kier molecular flexibility index (Phi) is 1.03. The number of carboxylic acid groups (broad SMARTS) is 1. The van der Waals surface area contributed by atoms with Crippen molar-refractivity contribution in [2.75, 3.05) is 5.75 Å². The zero-order valence-corrected chi connectivity index (χ0v) is 6.60. The Bertz CT molecular complexity index is 309. The van der Waals surface area contributed by atoms with Gasteiger partial charge in [0.2, 0.25) is 0 Å². The average molecular weight is 176 g/mol. The number of hydrogen-bond donors (Lipinski definition) is 1. The Morgan fingerprint density at radius 1 is 1.45 bits per heavy atom. The fourth-order valence-electron chi connectivity index (χ4n) is 1.92. The lowest BCUT2D eigenvalue weighted by atomic mass is 9.71. The van der Waals surface area contributed by atoms with Crippen LogP contribution < -0.4 is 0 Å². The molecule has 11 heavy (non-hydrogen) atoms. The molecule has 2 heterocycles. The molecule has 2 bridgehead atoms. The summed E-state index contributed by atoms with van der Waals surface area (Å²) in [5, 5.41) is 8.33. The third-order valence-corrected chi connectivity index (χ3v) is 4.98. The fourth-order valence-corrected chi connectivity index (χ4v) is 4.43. The minimum absolute atomic E-state index is 0.139. The van der Waals surface area contributed by atoms with Gasteiger partial charge in [-0.2, -0.15) is 0 Å². The van der Waals surface area contributed by atoms with Gasteiger partial charge < -0.3 is 5.11 Å². The summed E-state index contributed by atoms with van der Waals surface area (Å²) in [5.41, 5.74) is -0.899. The van der Waals surface area contributed by atoms with Crippen LogP contribution in [0.2, 0.25) is 0 Å². The van der Waals surface area contributed by atoms with E-state index in [0.717, 1.165) is 0 Å². The minimum atomic E-state index is -3.04. The van der Waals surface area contributed by atoms with E-state index < -0.39 is 21.2 Å². The van der Waals surface area contributed by atoms with Crippen molar-refractivity contribution in [3.8, 4) is 0 Å². The summed E-state index contributed by atoms with van der Waals surface area (Å²) in [5.74, 6) is -1.09. The first kappa shape index (κ1) is 7.09. The van der Waals surface area contributed by atoms with Crippen molar-refractivity contribution in [3.05, 3.63) is 0 Å². The van der Waals surface area contributed by atoms with Gasteiger partial charge in [0, 0.05) is 0 Å². The van der Waals surface area contributed by atoms with Crippen LogP contribution in [0.5, 0.6) is 0 Å². The first-order valence-electron chi connectivity index (χ1n) is 3.41. The topological polar surface area (TPSA) is 71.4 Å². The second-order valence-electron chi connectivity index (χ2n) is 3.42. The smallest absolute Gasteiger partial charge is 0.310 e. The van der Waals surface area contributed by atoms with Gasteiger partial charge in [-0.05, 0) is 12.8 Å². The highest BCUT2D eigenvalue weighted by Crippen LogP contribution is 2.53. The van der Waals surface area contributed by atoms with E-state index in [1.165, 1.54) is 0 Å². The van der Waals surface area contributed by atoms with Gasteiger partial charge in [-0.3, -0.25) is 4.79 Å². The van der Waals surface area contributed by atoms with Gasteiger partial charge in [0.15, 0.2) is 9.84 Å². The van der Waals surface area contributed by atoms with Crippen LogP contribution in [0.15, 0.2) is 0 Å². The number of aliphatic carboxylic acids is 1. The molecule has 4 nitrogen and oxygen atoms in total. The quantitative estimate of drug-likeness (QED) is 0.592. The molecule has 1 aliphatic carbocycles. The SMILES string of the molecule is O=C(O)C12CC(C1)S(=O)(=O)C2. The van der Waals surface area contributed by atoms with E-state index in [1.807, 2.05) is 0 Å². The first-order valence-corrected chi connectivity index (χ1v) is 5.13. The summed E-state index contributed by atoms with van der Waals surface area (Å²) in [6.45, 7) is 0. The van der Waals surface area contributed by atoms with E-state index in [4.69, 9.17) is 5.11 Å². The molecule has 3 fully saturated rings. The van der Waals surface area contributed by atoms with Gasteiger partial charge in [-0.1, -0.05) is 0 Å². The maximum atomic E-state index is 11.0. The van der Waals surface area contributed by atoms with E-state index >= 15 is 0 Å². The lowest BCUT2D eigenvalue weighted by Gasteiger charge is -2.30. The Morgan fingerprint density at radius 3 is 2.18 bits per heavy atom. The summed E-state index contributed by atoms with van der Waals surface area (Å²) in [4.78, 5) is 10.6. The van der Waals surface area contributed by atoms with E-state index in [-0.39, 0.29) is 11.0 Å². The predicted octanol–water partition coefficient (Wildman–Crippen LogP) is -0.352. The summed E-state index contributed by atoms with van der Waals surface area (Å²) >= 11 is 0. The molecule has 5 heteroatoms. The largest absolute Gasteiger partial charge is 0.481 e. The Labute approximate surface area is 64.1 Å². The molecule has 0 atom stereocenters. The summed E-state index contributed by atoms with van der Waals surface area (Å²) in [6, 6.07) is 0. The van der Waals surface area contributed by atoms with Crippen molar-refractivity contribution in [1.82, 2.24) is 0 Å². The second-order valence-corrected chi connectivity index (χ2v) is 5.70. The standard InChI is InChI=1S/C6H8O4S/c7-5(8)6-1-4(2-6)11(9,10)3-6/h4H,1-3H2,(H,7,8). The number of carboxylic acids is 1. The molecule has 1 N–H and O–H groups in total. The Hall–Kier alpha value is -0.580. The minimum Gasteiger partial charge on any atom is -0.481 e. The summed E-state index contributed by atoms with van der Waals surface area (Å²) in [7, 11) is -3.04. The highest BCUT2D eigenvalue weighted by molar-refractivity contribution is 7.92. The molecule has 0 aromatic heterocycles. The van der Waals surface area contributed by atoms with Crippen LogP contribution >= 0.6 is 0 Å². The van der Waals surface area contributed by atoms with E-state index in [0.29, 0.717) is 12.8 Å². The van der Waals surface area contributed by atoms with Crippen molar-refractivity contribution in [2.24, 2.45) is 5.41 Å². The molecule has 0 aromatic carbocycles. The fraction of sp³-hybridized carbons (Fsp3) is 0.833. The molecule has 2 aliphatic heterocycles. The van der Waals surface area contributed by atoms with Gasteiger partial charge >= 0.3 is 5.97 Å². The number of rotatable bonds is 1. The van der Waals surface area contributed by atoms with Crippen LogP contribution in [-0.4, -0.2) is 30.5 Å². The van der Waals surface area contributed by atoms with Gasteiger partial charge in [-0.15, -0.1) is 0 Å². The highest BCUT2D eigenvalue weighted by Gasteiger charge is 2.64. The zero-order valence-electron chi connectivity index (χ0n) is 5.78. The van der Waals surface area contributed by atoms with Crippen LogP contribution in [0, 0.1) is 5.41 Å². The predicted molar refractivity (Wildman–Crippen MR) is 36.9 cm³/mol. The van der Waals surface area contributed by atoms with Crippen LogP contribution in [-0.2, 0) is 14.6 Å². The molecule has 2 saturated heterocycles. The summed E-state index contributed by atoms with van der Waals surface area (Å²) < 4.78 is 22.1. The maximum Gasteiger partial charge on any atom is 0.310 e. The monoisotopic (exact) mass is 176 g/mol. The molecule has 0 radical (unpaired) electrons. The van der Waals surface area contributed by atoms with Gasteiger partial charge in [0.1, 0.15) is 0 Å². The zero-order chi connectivity index (χ0) is 8.28. The lowest BCUT2D eigenvalue weighted by Crippen LogP contribution is -2.40. The van der Waals surface area contributed by atoms with Crippen LogP contribution in [0.25, 0.3) is 0 Å². The number of hydrogen-bond acceptors (Lipinski definition) is 3. The summed E-state index contributed by atoms with van der Waals surface area (Å²) in [6.07, 6.45) is 0.676. The van der Waals surface area contributed by atoms with E-state index in [1.54, 1.807) is 0 Å². The van der Waals surface area contributed by atoms with Gasteiger partial charge in [-0.25, -0.2) is 8.42 Å². The molecular formula is C6H8O4S. The molecule has 3 aliphatic rings. The highest BCUT2D eigenvalue weighted by atomic mass is 32.2. The molecule has 0 spiro atoms. The maximum absolute atomic E-state index is 11.0. The van der Waals surface area contributed by atoms with Crippen LogP contribution in [0.3, 0.4) is 0 Å². The molecule has 1 saturated carbocycles. The number of carbonyl (C=O) groups is 1. The third-order valence-electron chi connectivity index (χ3n) is 2.68. The van der Waals surface area contributed by atoms with Crippen LogP contribution in [0.4, 0.5) is 0 Å².